The lowest BCUT2D eigenvalue weighted by Gasteiger charge is -1.75. The molecule has 7 heavy (non-hydrogen) atoms. The minimum atomic E-state index is -0.289. The van der Waals surface area contributed by atoms with E-state index in [4.69, 9.17) is 0 Å². The molecule has 0 heterocycles. The van der Waals surface area contributed by atoms with E-state index < -0.39 is 0 Å². The van der Waals surface area contributed by atoms with E-state index in [1.165, 1.54) is 19.3 Å². The smallest absolute Gasteiger partial charge is 0.136 e. The van der Waals surface area contributed by atoms with Gasteiger partial charge in [-0.05, 0) is 6.92 Å². The topological polar surface area (TPSA) is 12.4 Å². The Balaban J connectivity index is 3.58. The molecule has 0 aromatic carbocycles. The molecule has 0 aliphatic carbocycles. The maximum Gasteiger partial charge on any atom is 0.136 e. The van der Waals surface area contributed by atoms with Gasteiger partial charge in [-0.1, -0.05) is 6.08 Å². The number of aliphatic imine (C=N–C) groups is 1. The first-order valence-electron chi connectivity index (χ1n) is 2.05. The molecular weight excluding hydrogens is 93.1 g/mol. The van der Waals surface area contributed by atoms with E-state index in [0.717, 1.165) is 0 Å². The van der Waals surface area contributed by atoms with Crippen molar-refractivity contribution in [2.75, 3.05) is 7.05 Å². The van der Waals surface area contributed by atoms with E-state index in [0.29, 0.717) is 0 Å². The summed E-state index contributed by atoms with van der Waals surface area (Å²) in [6.07, 6.45) is 2.52. The van der Waals surface area contributed by atoms with Crippen molar-refractivity contribution in [3.63, 3.8) is 0 Å². The Morgan fingerprint density at radius 2 is 2.29 bits per heavy atom. The largest absolute Gasteiger partial charge is 0.293 e. The van der Waals surface area contributed by atoms with Gasteiger partial charge in [0.2, 0.25) is 0 Å². The van der Waals surface area contributed by atoms with Crippen molar-refractivity contribution in [3.8, 4) is 0 Å². The normalized spacial score (nSPS) is 13.3. The van der Waals surface area contributed by atoms with Gasteiger partial charge in [-0.15, -0.1) is 0 Å². The zero-order valence-corrected chi connectivity index (χ0v) is 4.48. The third kappa shape index (κ3) is 3.16. The highest BCUT2D eigenvalue weighted by Crippen LogP contribution is 1.87. The van der Waals surface area contributed by atoms with E-state index in [2.05, 4.69) is 4.99 Å². The Labute approximate surface area is 42.6 Å². The van der Waals surface area contributed by atoms with Crippen molar-refractivity contribution in [1.29, 1.82) is 0 Å². The first kappa shape index (κ1) is 6.34. The van der Waals surface area contributed by atoms with Gasteiger partial charge < -0.3 is 0 Å². The maximum absolute atomic E-state index is 11.8. The van der Waals surface area contributed by atoms with Crippen LogP contribution in [0.5, 0.6) is 0 Å². The molecule has 0 aliphatic heterocycles. The number of allylic oxidation sites excluding steroid dienone is 2. The molecule has 0 fully saturated rings. The number of halogens is 1. The Hall–Kier alpha value is -0.660. The molecule has 0 rings (SSSR count). The van der Waals surface area contributed by atoms with Crippen LogP contribution in [0, 0.1) is 0 Å². The lowest BCUT2D eigenvalue weighted by molar-refractivity contribution is 0.684. The average Bonchev–Trinajstić information content (AvgIpc) is 1.68. The van der Waals surface area contributed by atoms with Crippen molar-refractivity contribution in [2.24, 2.45) is 4.99 Å². The zero-order chi connectivity index (χ0) is 5.70. The first-order chi connectivity index (χ1) is 3.31. The van der Waals surface area contributed by atoms with Gasteiger partial charge in [0.05, 0.1) is 6.21 Å². The molecule has 0 saturated heterocycles. The van der Waals surface area contributed by atoms with Gasteiger partial charge in [-0.3, -0.25) is 4.99 Å². The summed E-state index contributed by atoms with van der Waals surface area (Å²) in [7, 11) is 1.53. The zero-order valence-electron chi connectivity index (χ0n) is 4.48. The monoisotopic (exact) mass is 101 g/mol. The van der Waals surface area contributed by atoms with Gasteiger partial charge in [0.1, 0.15) is 5.83 Å². The molecule has 0 aromatic heterocycles. The second-order valence-corrected chi connectivity index (χ2v) is 1.06. The second-order valence-electron chi connectivity index (χ2n) is 1.06. The predicted molar refractivity (Wildman–Crippen MR) is 29.3 cm³/mol. The van der Waals surface area contributed by atoms with E-state index in [9.17, 15) is 4.39 Å². The molecule has 0 spiro atoms. The van der Waals surface area contributed by atoms with Crippen molar-refractivity contribution in [3.05, 3.63) is 11.9 Å². The Morgan fingerprint density at radius 3 is 2.43 bits per heavy atom. The highest BCUT2D eigenvalue weighted by molar-refractivity contribution is 5.75. The summed E-state index contributed by atoms with van der Waals surface area (Å²) in [6.45, 7) is 1.62. The van der Waals surface area contributed by atoms with Gasteiger partial charge in [0.25, 0.3) is 0 Å². The lowest BCUT2D eigenvalue weighted by atomic mass is 10.5. The number of nitrogens with zero attached hydrogens (tertiary/aromatic N) is 1. The minimum absolute atomic E-state index is 0.289. The van der Waals surface area contributed by atoms with E-state index >= 15 is 0 Å². The lowest BCUT2D eigenvalue weighted by Crippen LogP contribution is -1.69. The molecule has 0 N–H and O–H groups in total. The van der Waals surface area contributed by atoms with Crippen molar-refractivity contribution in [2.45, 2.75) is 6.92 Å². The second kappa shape index (κ2) is 3.53. The standard InChI is InChI=1S/C5H8FN/c1-3-5(6)4-7-2/h3-4H,1-2H3. The number of rotatable bonds is 1. The molecule has 0 aliphatic rings. The summed E-state index contributed by atoms with van der Waals surface area (Å²) in [5.74, 6) is -0.289. The molecule has 0 bridgehead atoms. The number of hydrogen-bond acceptors (Lipinski definition) is 1. The Morgan fingerprint density at radius 1 is 1.71 bits per heavy atom. The fourth-order valence-electron chi connectivity index (χ4n) is 0.198. The Bertz CT molecular complexity index is 94.3. The van der Waals surface area contributed by atoms with Crippen LogP contribution in [0.3, 0.4) is 0 Å². The van der Waals surface area contributed by atoms with Crippen molar-refractivity contribution >= 4 is 6.21 Å². The van der Waals surface area contributed by atoms with Gasteiger partial charge >= 0.3 is 0 Å². The maximum atomic E-state index is 11.8. The van der Waals surface area contributed by atoms with E-state index in [-0.39, 0.29) is 5.83 Å². The Kier molecular flexibility index (Phi) is 3.19. The third-order valence-electron chi connectivity index (χ3n) is 0.528. The van der Waals surface area contributed by atoms with Crippen LogP contribution >= 0.6 is 0 Å². The van der Waals surface area contributed by atoms with Crippen LogP contribution < -0.4 is 0 Å². The van der Waals surface area contributed by atoms with Crippen LogP contribution in [0.25, 0.3) is 0 Å². The minimum Gasteiger partial charge on any atom is -0.293 e. The molecule has 0 saturated carbocycles. The van der Waals surface area contributed by atoms with Gasteiger partial charge in [-0.2, -0.15) is 0 Å². The van der Waals surface area contributed by atoms with Crippen LogP contribution in [-0.4, -0.2) is 13.3 Å². The van der Waals surface area contributed by atoms with Crippen LogP contribution in [-0.2, 0) is 0 Å². The van der Waals surface area contributed by atoms with E-state index in [1.54, 1.807) is 6.92 Å². The van der Waals surface area contributed by atoms with Gasteiger partial charge in [0, 0.05) is 7.05 Å². The quantitative estimate of drug-likeness (QED) is 0.444. The summed E-state index contributed by atoms with van der Waals surface area (Å²) >= 11 is 0. The van der Waals surface area contributed by atoms with Crippen LogP contribution in [0.1, 0.15) is 6.92 Å². The molecular formula is C5H8FN. The summed E-state index contributed by atoms with van der Waals surface area (Å²) in [6, 6.07) is 0. The molecule has 40 valence electrons. The fourth-order valence-corrected chi connectivity index (χ4v) is 0.198. The third-order valence-corrected chi connectivity index (χ3v) is 0.528. The molecule has 0 atom stereocenters. The van der Waals surface area contributed by atoms with Crippen molar-refractivity contribution in [1.82, 2.24) is 0 Å². The van der Waals surface area contributed by atoms with Crippen LogP contribution in [0.15, 0.2) is 16.9 Å². The van der Waals surface area contributed by atoms with Crippen LogP contribution in [0.2, 0.25) is 0 Å². The molecule has 0 unspecified atom stereocenters. The molecule has 0 amide bonds. The highest BCUT2D eigenvalue weighted by atomic mass is 19.1. The first-order valence-corrected chi connectivity index (χ1v) is 2.05. The average molecular weight is 101 g/mol. The molecule has 2 heteroatoms. The fraction of sp³-hybridized carbons (Fsp3) is 0.400. The highest BCUT2D eigenvalue weighted by Gasteiger charge is 1.77. The number of hydrogen-bond donors (Lipinski definition) is 0. The summed E-state index contributed by atoms with van der Waals surface area (Å²) in [5, 5.41) is 0. The van der Waals surface area contributed by atoms with Crippen LogP contribution in [0.4, 0.5) is 4.39 Å². The molecule has 0 radical (unpaired) electrons. The van der Waals surface area contributed by atoms with E-state index in [1.807, 2.05) is 0 Å². The summed E-state index contributed by atoms with van der Waals surface area (Å²) < 4.78 is 11.8. The predicted octanol–water partition coefficient (Wildman–Crippen LogP) is 1.56. The summed E-state index contributed by atoms with van der Waals surface area (Å²) in [4.78, 5) is 3.44. The summed E-state index contributed by atoms with van der Waals surface area (Å²) in [5.41, 5.74) is 0. The molecule has 1 nitrogen and oxygen atoms in total. The van der Waals surface area contributed by atoms with Crippen molar-refractivity contribution < 1.29 is 4.39 Å². The van der Waals surface area contributed by atoms with Gasteiger partial charge in [0.15, 0.2) is 0 Å². The molecule has 0 aromatic rings. The SMILES string of the molecule is CC=C(F)C=NC. The van der Waals surface area contributed by atoms with Gasteiger partial charge in [-0.25, -0.2) is 4.39 Å².